The quantitative estimate of drug-likeness (QED) is 0.512. The molecule has 7 nitrogen and oxygen atoms in total. The van der Waals surface area contributed by atoms with E-state index in [-0.39, 0.29) is 34.5 Å². The highest BCUT2D eigenvalue weighted by Gasteiger charge is 2.05. The first-order chi connectivity index (χ1) is 9.95. The number of hydrogen-bond acceptors (Lipinski definition) is 6. The summed E-state index contributed by atoms with van der Waals surface area (Å²) in [4.78, 5) is 11.0. The van der Waals surface area contributed by atoms with E-state index < -0.39 is 0 Å². The molecule has 0 spiro atoms. The van der Waals surface area contributed by atoms with Gasteiger partial charge in [0.15, 0.2) is 0 Å². The van der Waals surface area contributed by atoms with E-state index in [1.165, 1.54) is 37.3 Å². The highest BCUT2D eigenvalue weighted by atomic mass is 16.3. The largest absolute Gasteiger partial charge is 0.508 e. The normalized spacial score (nSPS) is 10.7. The van der Waals surface area contributed by atoms with Crippen LogP contribution in [0, 0.1) is 0 Å². The lowest BCUT2D eigenvalue weighted by molar-refractivity contribution is -0.114. The average Bonchev–Trinajstić information content (AvgIpc) is 2.40. The number of benzene rings is 2. The molecule has 2 aromatic carbocycles. The molecular formula is C14H13N3O4. The Morgan fingerprint density at radius 1 is 0.952 bits per heavy atom. The third-order valence-corrected chi connectivity index (χ3v) is 2.52. The predicted octanol–water partition coefficient (Wildman–Crippen LogP) is 3.18. The molecule has 7 heteroatoms. The van der Waals surface area contributed by atoms with E-state index >= 15 is 0 Å². The number of nitrogens with one attached hydrogen (secondary N) is 1. The van der Waals surface area contributed by atoms with Crippen LogP contribution in [0.4, 0.5) is 17.1 Å². The second kappa shape index (κ2) is 5.91. The minimum absolute atomic E-state index is 0.0954. The molecule has 0 saturated carbocycles. The third-order valence-electron chi connectivity index (χ3n) is 2.52. The van der Waals surface area contributed by atoms with Gasteiger partial charge in [0.25, 0.3) is 0 Å². The van der Waals surface area contributed by atoms with Gasteiger partial charge >= 0.3 is 0 Å². The highest BCUT2D eigenvalue weighted by Crippen LogP contribution is 2.34. The maximum Gasteiger partial charge on any atom is 0.221 e. The molecule has 0 saturated heterocycles. The molecule has 0 bridgehead atoms. The zero-order valence-electron chi connectivity index (χ0n) is 11.1. The first-order valence-electron chi connectivity index (χ1n) is 6.00. The number of phenols is 3. The molecule has 2 aromatic rings. The van der Waals surface area contributed by atoms with Gasteiger partial charge in [-0.25, -0.2) is 0 Å². The van der Waals surface area contributed by atoms with Crippen LogP contribution in [0.2, 0.25) is 0 Å². The van der Waals surface area contributed by atoms with E-state index in [1.807, 2.05) is 0 Å². The number of carbonyl (C=O) groups excluding carboxylic acids is 1. The van der Waals surface area contributed by atoms with Crippen molar-refractivity contribution in [1.82, 2.24) is 0 Å². The molecule has 0 atom stereocenters. The smallest absolute Gasteiger partial charge is 0.221 e. The van der Waals surface area contributed by atoms with Crippen molar-refractivity contribution < 1.29 is 20.1 Å². The Labute approximate surface area is 120 Å². The first kappa shape index (κ1) is 14.3. The first-order valence-corrected chi connectivity index (χ1v) is 6.00. The maximum atomic E-state index is 11.0. The molecule has 0 aromatic heterocycles. The fourth-order valence-corrected chi connectivity index (χ4v) is 1.59. The molecule has 21 heavy (non-hydrogen) atoms. The predicted molar refractivity (Wildman–Crippen MR) is 76.4 cm³/mol. The zero-order chi connectivity index (χ0) is 15.4. The Morgan fingerprint density at radius 2 is 1.67 bits per heavy atom. The molecule has 0 heterocycles. The molecule has 0 fully saturated rings. The number of phenolic OH excluding ortho intramolecular Hbond substituents is 3. The molecule has 2 rings (SSSR count). The maximum absolute atomic E-state index is 11.0. The van der Waals surface area contributed by atoms with Crippen LogP contribution in [0.25, 0.3) is 0 Å². The van der Waals surface area contributed by atoms with Gasteiger partial charge in [0.1, 0.15) is 28.6 Å². The number of azo groups is 1. The number of carbonyl (C=O) groups is 1. The van der Waals surface area contributed by atoms with Gasteiger partial charge in [-0.15, -0.1) is 10.2 Å². The lowest BCUT2D eigenvalue weighted by atomic mass is 10.2. The van der Waals surface area contributed by atoms with Crippen LogP contribution in [0.5, 0.6) is 17.2 Å². The van der Waals surface area contributed by atoms with Gasteiger partial charge in [0.05, 0.1) is 0 Å². The number of aromatic hydroxyl groups is 3. The van der Waals surface area contributed by atoms with Crippen LogP contribution in [-0.2, 0) is 4.79 Å². The van der Waals surface area contributed by atoms with E-state index in [4.69, 9.17) is 0 Å². The fourth-order valence-electron chi connectivity index (χ4n) is 1.59. The van der Waals surface area contributed by atoms with Gasteiger partial charge in [-0.3, -0.25) is 4.79 Å². The van der Waals surface area contributed by atoms with E-state index in [2.05, 4.69) is 15.5 Å². The SMILES string of the molecule is CC(=O)Nc1ccc(O)c(N=Nc2ccc(O)cc2O)c1. The number of hydrogen-bond donors (Lipinski definition) is 4. The molecule has 108 valence electrons. The summed E-state index contributed by atoms with van der Waals surface area (Å²) in [5.41, 5.74) is 0.732. The number of amides is 1. The van der Waals surface area contributed by atoms with Gasteiger partial charge in [-0.05, 0) is 30.3 Å². The van der Waals surface area contributed by atoms with Crippen LogP contribution in [0.15, 0.2) is 46.6 Å². The molecule has 4 N–H and O–H groups in total. The Hall–Kier alpha value is -3.09. The van der Waals surface area contributed by atoms with Crippen molar-refractivity contribution in [2.24, 2.45) is 10.2 Å². The monoisotopic (exact) mass is 287 g/mol. The Morgan fingerprint density at radius 3 is 2.33 bits per heavy atom. The summed E-state index contributed by atoms with van der Waals surface area (Å²) >= 11 is 0. The van der Waals surface area contributed by atoms with Crippen LogP contribution in [0.1, 0.15) is 6.92 Å². The molecule has 1 amide bonds. The molecule has 0 aliphatic heterocycles. The van der Waals surface area contributed by atoms with E-state index in [0.29, 0.717) is 5.69 Å². The minimum atomic E-state index is -0.250. The molecule has 0 aliphatic rings. The summed E-state index contributed by atoms with van der Waals surface area (Å²) in [7, 11) is 0. The molecule has 0 radical (unpaired) electrons. The number of rotatable bonds is 3. The minimum Gasteiger partial charge on any atom is -0.508 e. The van der Waals surface area contributed by atoms with Crippen molar-refractivity contribution in [2.75, 3.05) is 5.32 Å². The van der Waals surface area contributed by atoms with Crippen molar-refractivity contribution in [3.05, 3.63) is 36.4 Å². The summed E-state index contributed by atoms with van der Waals surface area (Å²) in [5.74, 6) is -0.705. The summed E-state index contributed by atoms with van der Waals surface area (Å²) in [6.45, 7) is 1.36. The zero-order valence-corrected chi connectivity index (χ0v) is 11.1. The van der Waals surface area contributed by atoms with Crippen LogP contribution in [0.3, 0.4) is 0 Å². The Bertz CT molecular complexity index is 713. The lowest BCUT2D eigenvalue weighted by Gasteiger charge is -2.04. The van der Waals surface area contributed by atoms with Gasteiger partial charge < -0.3 is 20.6 Å². The fraction of sp³-hybridized carbons (Fsp3) is 0.0714. The summed E-state index contributed by atoms with van der Waals surface area (Å²) in [5, 5.41) is 38.6. The lowest BCUT2D eigenvalue weighted by Crippen LogP contribution is -2.05. The standard InChI is InChI=1S/C14H13N3O4/c1-8(18)15-9-2-5-13(20)12(6-9)17-16-11-4-3-10(19)7-14(11)21/h2-7,19-21H,1H3,(H,15,18). The second-order valence-electron chi connectivity index (χ2n) is 4.26. The van der Waals surface area contributed by atoms with Crippen molar-refractivity contribution in [1.29, 1.82) is 0 Å². The van der Waals surface area contributed by atoms with Crippen LogP contribution >= 0.6 is 0 Å². The number of nitrogens with zero attached hydrogens (tertiary/aromatic N) is 2. The summed E-state index contributed by atoms with van der Waals surface area (Å²) in [6, 6.07) is 8.19. The van der Waals surface area contributed by atoms with Gasteiger partial charge in [-0.1, -0.05) is 0 Å². The summed E-state index contributed by atoms with van der Waals surface area (Å²) < 4.78 is 0. The second-order valence-corrected chi connectivity index (χ2v) is 4.26. The van der Waals surface area contributed by atoms with Crippen LogP contribution < -0.4 is 5.32 Å². The van der Waals surface area contributed by atoms with Gasteiger partial charge in [-0.2, -0.15) is 0 Å². The third kappa shape index (κ3) is 3.69. The van der Waals surface area contributed by atoms with Crippen molar-refractivity contribution in [3.8, 4) is 17.2 Å². The summed E-state index contributed by atoms with van der Waals surface area (Å²) in [6.07, 6.45) is 0. The van der Waals surface area contributed by atoms with Gasteiger partial charge in [0.2, 0.25) is 5.91 Å². The Kier molecular flexibility index (Phi) is 4.03. The molecule has 0 aliphatic carbocycles. The van der Waals surface area contributed by atoms with Crippen molar-refractivity contribution in [2.45, 2.75) is 6.92 Å². The number of anilines is 1. The molecule has 0 unspecified atom stereocenters. The van der Waals surface area contributed by atoms with Crippen LogP contribution in [-0.4, -0.2) is 21.2 Å². The topological polar surface area (TPSA) is 115 Å². The highest BCUT2D eigenvalue weighted by molar-refractivity contribution is 5.89. The van der Waals surface area contributed by atoms with E-state index in [9.17, 15) is 20.1 Å². The average molecular weight is 287 g/mol. The van der Waals surface area contributed by atoms with E-state index in [0.717, 1.165) is 6.07 Å². The Balaban J connectivity index is 2.29. The van der Waals surface area contributed by atoms with Gasteiger partial charge in [0, 0.05) is 18.7 Å². The molecular weight excluding hydrogens is 274 g/mol. The van der Waals surface area contributed by atoms with Crippen molar-refractivity contribution in [3.63, 3.8) is 0 Å². The van der Waals surface area contributed by atoms with E-state index in [1.54, 1.807) is 0 Å². The van der Waals surface area contributed by atoms with Crippen molar-refractivity contribution >= 4 is 23.0 Å².